The van der Waals surface area contributed by atoms with E-state index in [0.29, 0.717) is 17.2 Å². The number of aryl methyl sites for hydroxylation is 3. The van der Waals surface area contributed by atoms with E-state index < -0.39 is 0 Å². The van der Waals surface area contributed by atoms with Crippen LogP contribution >= 0.6 is 0 Å². The molecular weight excluding hydrogens is 492 g/mol. The summed E-state index contributed by atoms with van der Waals surface area (Å²) in [5.74, 6) is 1.19. The molecule has 0 spiro atoms. The quantitative estimate of drug-likeness (QED) is 0.299. The predicted molar refractivity (Wildman–Crippen MR) is 170 cm³/mol. The predicted octanol–water partition coefficient (Wildman–Crippen LogP) is 9.95. The Balaban J connectivity index is 2.39. The molecule has 3 heteroatoms. The zero-order chi connectivity index (χ0) is 30.5. The molecule has 0 fully saturated rings. The zero-order valence-corrected chi connectivity index (χ0v) is 27.2. The van der Waals surface area contributed by atoms with Crippen LogP contribution in [-0.4, -0.2) is 15.3 Å². The Hall–Kier alpha value is -2.94. The van der Waals surface area contributed by atoms with E-state index in [0.717, 1.165) is 39.8 Å². The van der Waals surface area contributed by atoms with Crippen molar-refractivity contribution in [1.29, 1.82) is 0 Å². The van der Waals surface area contributed by atoms with Gasteiger partial charge in [-0.15, -0.1) is 0 Å². The first-order valence-corrected chi connectivity index (χ1v) is 14.6. The lowest BCUT2D eigenvalue weighted by atomic mass is 9.69. The van der Waals surface area contributed by atoms with Gasteiger partial charge in [-0.2, -0.15) is 0 Å². The van der Waals surface area contributed by atoms with Gasteiger partial charge in [-0.05, 0) is 118 Å². The van der Waals surface area contributed by atoms with Gasteiger partial charge in [0.05, 0.1) is 0 Å². The van der Waals surface area contributed by atoms with Gasteiger partial charge in [-0.1, -0.05) is 87.4 Å². The summed E-state index contributed by atoms with van der Waals surface area (Å²) >= 11 is 0. The summed E-state index contributed by atoms with van der Waals surface area (Å²) in [6.07, 6.45) is 0.841. The number of phenols is 3. The van der Waals surface area contributed by atoms with Gasteiger partial charge in [-0.3, -0.25) is 0 Å². The maximum atomic E-state index is 10.8. The molecule has 1 unspecified atom stereocenters. The van der Waals surface area contributed by atoms with Gasteiger partial charge in [0, 0.05) is 5.92 Å². The Morgan fingerprint density at radius 1 is 0.500 bits per heavy atom. The molecule has 0 bridgehead atoms. The van der Waals surface area contributed by atoms with E-state index in [1.165, 1.54) is 16.7 Å². The molecule has 0 radical (unpaired) electrons. The Bertz CT molecular complexity index is 1320. The molecule has 3 aromatic carbocycles. The fourth-order valence-electron chi connectivity index (χ4n) is 5.99. The molecule has 40 heavy (non-hydrogen) atoms. The second-order valence-corrected chi connectivity index (χ2v) is 15.1. The lowest BCUT2D eigenvalue weighted by Gasteiger charge is -2.35. The third kappa shape index (κ3) is 6.51. The molecule has 3 nitrogen and oxygen atoms in total. The van der Waals surface area contributed by atoms with Gasteiger partial charge >= 0.3 is 0 Å². The number of aromatic hydroxyl groups is 3. The van der Waals surface area contributed by atoms with Gasteiger partial charge in [0.15, 0.2) is 0 Å². The smallest absolute Gasteiger partial charge is 0.118 e. The summed E-state index contributed by atoms with van der Waals surface area (Å²) in [5, 5.41) is 32.2. The number of rotatable bonds is 5. The van der Waals surface area contributed by atoms with Gasteiger partial charge in [0.1, 0.15) is 17.2 Å². The maximum absolute atomic E-state index is 10.8. The summed E-state index contributed by atoms with van der Waals surface area (Å²) in [6, 6.07) is 12.4. The number of hydrogen-bond acceptors (Lipinski definition) is 3. The first kappa shape index (κ1) is 31.6. The third-order valence-electron chi connectivity index (χ3n) is 8.40. The highest BCUT2D eigenvalue weighted by atomic mass is 16.3. The van der Waals surface area contributed by atoms with Crippen molar-refractivity contribution in [3.63, 3.8) is 0 Å². The van der Waals surface area contributed by atoms with E-state index >= 15 is 0 Å². The van der Waals surface area contributed by atoms with Crippen molar-refractivity contribution >= 4 is 0 Å². The second-order valence-electron chi connectivity index (χ2n) is 15.1. The van der Waals surface area contributed by atoms with Crippen molar-refractivity contribution in [1.82, 2.24) is 0 Å². The van der Waals surface area contributed by atoms with Gasteiger partial charge in [0.2, 0.25) is 0 Å². The van der Waals surface area contributed by atoms with Crippen molar-refractivity contribution in [2.45, 2.75) is 125 Å². The van der Waals surface area contributed by atoms with Crippen LogP contribution in [0.25, 0.3) is 0 Å². The summed E-state index contributed by atoms with van der Waals surface area (Å²) in [4.78, 5) is 0. The van der Waals surface area contributed by atoms with Crippen molar-refractivity contribution < 1.29 is 15.3 Å². The van der Waals surface area contributed by atoms with Crippen LogP contribution in [0.15, 0.2) is 36.4 Å². The second kappa shape index (κ2) is 10.8. The average Bonchev–Trinajstić information content (AvgIpc) is 2.80. The molecule has 0 amide bonds. The molecule has 218 valence electrons. The Kier molecular flexibility index (Phi) is 8.53. The maximum Gasteiger partial charge on any atom is 0.118 e. The van der Waals surface area contributed by atoms with Crippen molar-refractivity contribution in [3.05, 3.63) is 86.5 Å². The van der Waals surface area contributed by atoms with E-state index in [4.69, 9.17) is 0 Å². The number of benzene rings is 3. The SMILES string of the molecule is Cc1cc(C(C)CC(c2cc(C)c(O)cc2C(C)(C)C)c2cc(C)c(O)cc2C(C)(C)C)c(C(C)(C)C)cc1O. The molecule has 3 N–H and O–H groups in total. The standard InChI is InChI=1S/C37H52O3/c1-21(25-15-22(2)32(38)18-29(25)35(5,6)7)14-26(27-16-23(3)33(39)19-30(27)36(8,9)10)28-17-24(4)34(40)20-31(28)37(11,12)13/h15-21,26,38-40H,14H2,1-13H3. The Labute approximate surface area is 243 Å². The molecule has 0 saturated heterocycles. The number of hydrogen-bond donors (Lipinski definition) is 3. The van der Waals surface area contributed by atoms with Gasteiger partial charge < -0.3 is 15.3 Å². The molecule has 0 aliphatic carbocycles. The minimum atomic E-state index is -0.179. The minimum Gasteiger partial charge on any atom is -0.508 e. The molecule has 0 heterocycles. The first-order chi connectivity index (χ1) is 18.1. The van der Waals surface area contributed by atoms with Crippen LogP contribution in [0.3, 0.4) is 0 Å². The van der Waals surface area contributed by atoms with Crippen LogP contribution in [0.1, 0.15) is 138 Å². The highest BCUT2D eigenvalue weighted by Gasteiger charge is 2.32. The first-order valence-electron chi connectivity index (χ1n) is 14.6. The molecular formula is C37H52O3. The highest BCUT2D eigenvalue weighted by molar-refractivity contribution is 5.54. The van der Waals surface area contributed by atoms with Crippen LogP contribution < -0.4 is 0 Å². The van der Waals surface area contributed by atoms with E-state index in [9.17, 15) is 15.3 Å². The number of phenolic OH excluding ortho intramolecular Hbond substituents is 3. The van der Waals surface area contributed by atoms with E-state index in [1.807, 2.05) is 39.0 Å². The minimum absolute atomic E-state index is 0.0268. The Morgan fingerprint density at radius 3 is 1.07 bits per heavy atom. The summed E-state index contributed by atoms with van der Waals surface area (Å²) in [7, 11) is 0. The lowest BCUT2D eigenvalue weighted by Crippen LogP contribution is -2.22. The zero-order valence-electron chi connectivity index (χ0n) is 27.2. The molecule has 0 aliphatic heterocycles. The largest absolute Gasteiger partial charge is 0.508 e. The third-order valence-corrected chi connectivity index (χ3v) is 8.40. The van der Waals surface area contributed by atoms with Crippen LogP contribution in [0.2, 0.25) is 0 Å². The fourth-order valence-corrected chi connectivity index (χ4v) is 5.99. The highest BCUT2D eigenvalue weighted by Crippen LogP contribution is 2.47. The van der Waals surface area contributed by atoms with Crippen molar-refractivity contribution in [2.24, 2.45) is 0 Å². The topological polar surface area (TPSA) is 60.7 Å². The normalized spacial score (nSPS) is 13.7. The van der Waals surface area contributed by atoms with Crippen molar-refractivity contribution in [2.75, 3.05) is 0 Å². The van der Waals surface area contributed by atoms with E-state index in [1.54, 1.807) is 0 Å². The van der Waals surface area contributed by atoms with E-state index in [-0.39, 0.29) is 28.1 Å². The summed E-state index contributed by atoms with van der Waals surface area (Å²) < 4.78 is 0. The molecule has 0 aromatic heterocycles. The molecule has 3 aromatic rings. The van der Waals surface area contributed by atoms with Gasteiger partial charge in [0.25, 0.3) is 0 Å². The molecule has 0 aliphatic rings. The van der Waals surface area contributed by atoms with E-state index in [2.05, 4.69) is 87.4 Å². The summed E-state index contributed by atoms with van der Waals surface area (Å²) in [6.45, 7) is 28.0. The molecule has 3 rings (SSSR count). The Morgan fingerprint density at radius 2 is 0.775 bits per heavy atom. The molecule has 1 atom stereocenters. The van der Waals surface area contributed by atoms with Crippen molar-refractivity contribution in [3.8, 4) is 17.2 Å². The molecule has 0 saturated carbocycles. The van der Waals surface area contributed by atoms with Crippen LogP contribution in [0.4, 0.5) is 0 Å². The lowest BCUT2D eigenvalue weighted by molar-refractivity contribution is 0.461. The van der Waals surface area contributed by atoms with Crippen LogP contribution in [-0.2, 0) is 16.2 Å². The van der Waals surface area contributed by atoms with Crippen LogP contribution in [0.5, 0.6) is 17.2 Å². The fraction of sp³-hybridized carbons (Fsp3) is 0.514. The van der Waals surface area contributed by atoms with Crippen LogP contribution in [0, 0.1) is 20.8 Å². The summed E-state index contributed by atoms with van der Waals surface area (Å²) in [5.41, 5.74) is 9.27. The monoisotopic (exact) mass is 544 g/mol. The average molecular weight is 545 g/mol. The van der Waals surface area contributed by atoms with Gasteiger partial charge in [-0.25, -0.2) is 0 Å².